The zero-order valence-corrected chi connectivity index (χ0v) is 10.2. The van der Waals surface area contributed by atoms with Crippen molar-refractivity contribution in [2.45, 2.75) is 37.5 Å². The zero-order chi connectivity index (χ0) is 13.3. The van der Waals surface area contributed by atoms with Gasteiger partial charge in [0, 0.05) is 0 Å². The summed E-state index contributed by atoms with van der Waals surface area (Å²) in [6, 6.07) is 7.31. The lowest BCUT2D eigenvalue weighted by molar-refractivity contribution is -0.149. The minimum absolute atomic E-state index is 0.412. The Bertz CT molecular complexity index is 473. The van der Waals surface area contributed by atoms with E-state index in [4.69, 9.17) is 5.11 Å². The molecule has 1 aromatic carbocycles. The van der Waals surface area contributed by atoms with Gasteiger partial charge < -0.3 is 10.2 Å². The van der Waals surface area contributed by atoms with Gasteiger partial charge in [0.15, 0.2) is 0 Å². The molecule has 4 nitrogen and oxygen atoms in total. The van der Waals surface area contributed by atoms with E-state index in [0.29, 0.717) is 11.5 Å². The molecule has 1 aliphatic carbocycles. The van der Waals surface area contributed by atoms with Crippen LogP contribution < -0.4 is 0 Å². The maximum absolute atomic E-state index is 11.3. The van der Waals surface area contributed by atoms with Crippen molar-refractivity contribution in [3.05, 3.63) is 35.4 Å². The van der Waals surface area contributed by atoms with Crippen LogP contribution in [0.15, 0.2) is 24.3 Å². The highest BCUT2D eigenvalue weighted by Crippen LogP contribution is 2.40. The summed E-state index contributed by atoms with van der Waals surface area (Å²) in [5, 5.41) is 18.1. The second-order valence-electron chi connectivity index (χ2n) is 5.10. The van der Waals surface area contributed by atoms with Crippen molar-refractivity contribution in [3.8, 4) is 0 Å². The average molecular weight is 248 g/mol. The molecule has 0 amide bonds. The lowest BCUT2D eigenvalue weighted by atomic mass is 9.79. The molecule has 2 rings (SSSR count). The van der Waals surface area contributed by atoms with Crippen molar-refractivity contribution in [2.24, 2.45) is 0 Å². The maximum atomic E-state index is 11.3. The minimum atomic E-state index is -1.37. The summed E-state index contributed by atoms with van der Waals surface area (Å²) in [6.45, 7) is 1.45. The Kier molecular flexibility index (Phi) is 3.11. The molecular weight excluding hydrogens is 232 g/mol. The number of aliphatic carboxylic acids is 2. The average Bonchev–Trinajstić information content (AvgIpc) is 3.12. The molecule has 1 aliphatic rings. The third-order valence-corrected chi connectivity index (χ3v) is 3.57. The van der Waals surface area contributed by atoms with Gasteiger partial charge in [-0.2, -0.15) is 0 Å². The number of carboxylic acids is 2. The Labute approximate surface area is 105 Å². The van der Waals surface area contributed by atoms with Crippen LogP contribution in [-0.4, -0.2) is 22.2 Å². The zero-order valence-electron chi connectivity index (χ0n) is 10.2. The van der Waals surface area contributed by atoms with Crippen molar-refractivity contribution in [3.63, 3.8) is 0 Å². The molecule has 1 unspecified atom stereocenters. The van der Waals surface area contributed by atoms with E-state index in [-0.39, 0.29) is 0 Å². The van der Waals surface area contributed by atoms with Gasteiger partial charge in [-0.15, -0.1) is 0 Å². The molecule has 2 N–H and O–H groups in total. The van der Waals surface area contributed by atoms with Crippen LogP contribution in [-0.2, 0) is 15.0 Å². The molecule has 1 atom stereocenters. The van der Waals surface area contributed by atoms with Gasteiger partial charge in [0.05, 0.1) is 6.42 Å². The van der Waals surface area contributed by atoms with Crippen LogP contribution in [0.25, 0.3) is 0 Å². The number of carboxylic acid groups (broad SMARTS) is 2. The van der Waals surface area contributed by atoms with E-state index < -0.39 is 23.8 Å². The van der Waals surface area contributed by atoms with Crippen LogP contribution in [0.1, 0.15) is 43.2 Å². The Balaban J connectivity index is 2.29. The van der Waals surface area contributed by atoms with Gasteiger partial charge in [-0.25, -0.2) is 0 Å². The van der Waals surface area contributed by atoms with Gasteiger partial charge in [0.25, 0.3) is 0 Å². The first-order chi connectivity index (χ1) is 8.43. The van der Waals surface area contributed by atoms with E-state index in [1.807, 2.05) is 12.1 Å². The summed E-state index contributed by atoms with van der Waals surface area (Å²) in [7, 11) is 0. The molecule has 0 heterocycles. The molecule has 96 valence electrons. The van der Waals surface area contributed by atoms with Crippen molar-refractivity contribution >= 4 is 11.9 Å². The summed E-state index contributed by atoms with van der Waals surface area (Å²) in [6.07, 6.45) is 1.96. The minimum Gasteiger partial charge on any atom is -0.481 e. The van der Waals surface area contributed by atoms with Gasteiger partial charge in [0.1, 0.15) is 5.41 Å². The molecule has 0 bridgehead atoms. The van der Waals surface area contributed by atoms with Crippen LogP contribution in [0, 0.1) is 0 Å². The van der Waals surface area contributed by atoms with Gasteiger partial charge in [-0.3, -0.25) is 9.59 Å². The molecule has 4 heteroatoms. The highest BCUT2D eigenvalue weighted by Gasteiger charge is 2.37. The third kappa shape index (κ3) is 2.37. The first-order valence-electron chi connectivity index (χ1n) is 5.99. The smallest absolute Gasteiger partial charge is 0.314 e. The molecular formula is C14H16O4. The largest absolute Gasteiger partial charge is 0.481 e. The number of hydrogen-bond donors (Lipinski definition) is 2. The van der Waals surface area contributed by atoms with E-state index in [1.54, 1.807) is 12.1 Å². The maximum Gasteiger partial charge on any atom is 0.314 e. The van der Waals surface area contributed by atoms with E-state index in [1.165, 1.54) is 25.3 Å². The predicted molar refractivity (Wildman–Crippen MR) is 65.7 cm³/mol. The molecule has 1 fully saturated rings. The Morgan fingerprint density at radius 3 is 2.17 bits per heavy atom. The van der Waals surface area contributed by atoms with Crippen LogP contribution in [0.3, 0.4) is 0 Å². The summed E-state index contributed by atoms with van der Waals surface area (Å²) in [5.74, 6) is -1.61. The monoisotopic (exact) mass is 248 g/mol. The molecule has 0 spiro atoms. The molecule has 18 heavy (non-hydrogen) atoms. The quantitative estimate of drug-likeness (QED) is 0.839. The fourth-order valence-corrected chi connectivity index (χ4v) is 2.14. The van der Waals surface area contributed by atoms with Gasteiger partial charge in [-0.05, 0) is 36.8 Å². The van der Waals surface area contributed by atoms with Crippen molar-refractivity contribution in [1.29, 1.82) is 0 Å². The highest BCUT2D eigenvalue weighted by atomic mass is 16.4. The van der Waals surface area contributed by atoms with E-state index in [0.717, 1.165) is 0 Å². The summed E-state index contributed by atoms with van der Waals surface area (Å²) in [5.41, 5.74) is 0.386. The fourth-order valence-electron chi connectivity index (χ4n) is 2.14. The first-order valence-corrected chi connectivity index (χ1v) is 5.99. The summed E-state index contributed by atoms with van der Waals surface area (Å²) in [4.78, 5) is 22.1. The molecule has 0 aromatic heterocycles. The standard InChI is InChI=1S/C14H16O4/c1-14(13(17)18,8-12(15)16)11-6-4-10(5-7-11)9-2-3-9/h4-7,9H,2-3,8H2,1H3,(H,15,16)(H,17,18). The SMILES string of the molecule is CC(CC(=O)O)(C(=O)O)c1ccc(C2CC2)cc1. The van der Waals surface area contributed by atoms with Gasteiger partial charge >= 0.3 is 11.9 Å². The van der Waals surface area contributed by atoms with Gasteiger partial charge in [-0.1, -0.05) is 24.3 Å². The lowest BCUT2D eigenvalue weighted by Crippen LogP contribution is -2.34. The van der Waals surface area contributed by atoms with Gasteiger partial charge in [0.2, 0.25) is 0 Å². The molecule has 1 saturated carbocycles. The number of carbonyl (C=O) groups is 2. The number of benzene rings is 1. The third-order valence-electron chi connectivity index (χ3n) is 3.57. The Morgan fingerprint density at radius 2 is 1.78 bits per heavy atom. The van der Waals surface area contributed by atoms with Crippen LogP contribution in [0.2, 0.25) is 0 Å². The fraction of sp³-hybridized carbons (Fsp3) is 0.429. The highest BCUT2D eigenvalue weighted by molar-refractivity contribution is 5.86. The normalized spacial score (nSPS) is 18.1. The predicted octanol–water partition coefficient (Wildman–Crippen LogP) is 2.38. The van der Waals surface area contributed by atoms with E-state index >= 15 is 0 Å². The molecule has 1 aromatic rings. The van der Waals surface area contributed by atoms with Crippen molar-refractivity contribution < 1.29 is 19.8 Å². The van der Waals surface area contributed by atoms with Crippen molar-refractivity contribution in [1.82, 2.24) is 0 Å². The van der Waals surface area contributed by atoms with Crippen LogP contribution in [0.4, 0.5) is 0 Å². The second-order valence-corrected chi connectivity index (χ2v) is 5.10. The number of rotatable bonds is 5. The molecule has 0 saturated heterocycles. The van der Waals surface area contributed by atoms with Crippen molar-refractivity contribution in [2.75, 3.05) is 0 Å². The number of hydrogen-bond acceptors (Lipinski definition) is 2. The van der Waals surface area contributed by atoms with Crippen LogP contribution in [0.5, 0.6) is 0 Å². The topological polar surface area (TPSA) is 74.6 Å². The second kappa shape index (κ2) is 4.44. The van der Waals surface area contributed by atoms with E-state index in [2.05, 4.69) is 0 Å². The first kappa shape index (κ1) is 12.6. The summed E-state index contributed by atoms with van der Waals surface area (Å²) >= 11 is 0. The summed E-state index contributed by atoms with van der Waals surface area (Å²) < 4.78 is 0. The van der Waals surface area contributed by atoms with E-state index in [9.17, 15) is 14.7 Å². The Morgan fingerprint density at radius 1 is 1.22 bits per heavy atom. The Hall–Kier alpha value is -1.84. The lowest BCUT2D eigenvalue weighted by Gasteiger charge is -2.23. The molecule has 0 aliphatic heterocycles. The molecule has 0 radical (unpaired) electrons. The van der Waals surface area contributed by atoms with Crippen LogP contribution >= 0.6 is 0 Å².